The first-order valence-electron chi connectivity index (χ1n) is 7.61. The Balaban J connectivity index is 2.28. The molecule has 0 saturated carbocycles. The third-order valence-corrected chi connectivity index (χ3v) is 3.95. The van der Waals surface area contributed by atoms with E-state index in [2.05, 4.69) is 4.98 Å². The van der Waals surface area contributed by atoms with Crippen LogP contribution in [0.5, 0.6) is 0 Å². The Morgan fingerprint density at radius 2 is 1.67 bits per heavy atom. The Morgan fingerprint density at radius 3 is 2.26 bits per heavy atom. The maximum atomic E-state index is 14.3. The van der Waals surface area contributed by atoms with Crippen LogP contribution >= 0.6 is 0 Å². The molecule has 0 fully saturated rings. The van der Waals surface area contributed by atoms with Crippen molar-refractivity contribution < 1.29 is 17.6 Å². The van der Waals surface area contributed by atoms with Crippen LogP contribution in [0, 0.1) is 17.1 Å². The average Bonchev–Trinajstić information content (AvgIpc) is 2.61. The minimum atomic E-state index is -4.70. The Hall–Kier alpha value is -3.60. The number of rotatable bonds is 2. The number of aromatic nitrogens is 1. The molecule has 1 aromatic heterocycles. The standard InChI is InChI=1S/C19H11F4N3O/c20-16-6-3-11(19(21,22)23)7-14(16)13-8-17(26-18(27)15(13)9-24)10-1-4-12(25)5-2-10/h1-8H,25H2,(H,26,27). The lowest BCUT2D eigenvalue weighted by Crippen LogP contribution is -2.13. The molecule has 0 atom stereocenters. The van der Waals surface area contributed by atoms with Gasteiger partial charge in [-0.05, 0) is 42.0 Å². The summed E-state index contributed by atoms with van der Waals surface area (Å²) in [5, 5.41) is 9.25. The zero-order chi connectivity index (χ0) is 19.8. The number of nitrogens with one attached hydrogen (secondary N) is 1. The number of nitrogen functional groups attached to an aromatic ring is 1. The van der Waals surface area contributed by atoms with Crippen molar-refractivity contribution in [1.29, 1.82) is 5.26 Å². The first kappa shape index (κ1) is 18.2. The van der Waals surface area contributed by atoms with Crippen molar-refractivity contribution in [3.05, 3.63) is 75.8 Å². The number of aromatic amines is 1. The summed E-state index contributed by atoms with van der Waals surface area (Å²) < 4.78 is 53.2. The first-order chi connectivity index (χ1) is 12.7. The van der Waals surface area contributed by atoms with Crippen molar-refractivity contribution in [3.63, 3.8) is 0 Å². The van der Waals surface area contributed by atoms with Crippen molar-refractivity contribution in [2.24, 2.45) is 0 Å². The van der Waals surface area contributed by atoms with Crippen LogP contribution < -0.4 is 11.3 Å². The number of halogens is 4. The van der Waals surface area contributed by atoms with Gasteiger partial charge in [0.1, 0.15) is 17.4 Å². The molecule has 3 aromatic rings. The normalized spacial score (nSPS) is 11.2. The van der Waals surface area contributed by atoms with Gasteiger partial charge >= 0.3 is 6.18 Å². The fraction of sp³-hybridized carbons (Fsp3) is 0.0526. The Bertz CT molecular complexity index is 1110. The lowest BCUT2D eigenvalue weighted by atomic mass is 9.97. The zero-order valence-corrected chi connectivity index (χ0v) is 13.6. The van der Waals surface area contributed by atoms with Gasteiger partial charge in [-0.1, -0.05) is 12.1 Å². The average molecular weight is 373 g/mol. The predicted molar refractivity (Wildman–Crippen MR) is 92.0 cm³/mol. The second kappa shape index (κ2) is 6.61. The van der Waals surface area contributed by atoms with Gasteiger partial charge < -0.3 is 10.7 Å². The maximum absolute atomic E-state index is 14.3. The molecule has 0 spiro atoms. The SMILES string of the molecule is N#Cc1c(-c2cc(C(F)(F)F)ccc2F)cc(-c2ccc(N)cc2)[nH]c1=O. The van der Waals surface area contributed by atoms with Crippen molar-refractivity contribution in [1.82, 2.24) is 4.98 Å². The van der Waals surface area contributed by atoms with Gasteiger partial charge in [0, 0.05) is 22.5 Å². The van der Waals surface area contributed by atoms with Crippen LogP contribution in [0.25, 0.3) is 22.4 Å². The minimum Gasteiger partial charge on any atom is -0.399 e. The molecular weight excluding hydrogens is 362 g/mol. The van der Waals surface area contributed by atoms with Gasteiger partial charge in [0.15, 0.2) is 0 Å². The van der Waals surface area contributed by atoms with E-state index in [-0.39, 0.29) is 11.3 Å². The largest absolute Gasteiger partial charge is 0.416 e. The highest BCUT2D eigenvalue weighted by atomic mass is 19.4. The third-order valence-electron chi connectivity index (χ3n) is 3.95. The summed E-state index contributed by atoms with van der Waals surface area (Å²) in [4.78, 5) is 14.7. The van der Waals surface area contributed by atoms with Crippen LogP contribution in [0.4, 0.5) is 23.2 Å². The number of benzene rings is 2. The van der Waals surface area contributed by atoms with Gasteiger partial charge in [0.25, 0.3) is 5.56 Å². The summed E-state index contributed by atoms with van der Waals surface area (Å²) in [6.45, 7) is 0. The van der Waals surface area contributed by atoms with Crippen molar-refractivity contribution >= 4 is 5.69 Å². The van der Waals surface area contributed by atoms with Gasteiger partial charge in [-0.2, -0.15) is 18.4 Å². The molecule has 136 valence electrons. The van der Waals surface area contributed by atoms with Gasteiger partial charge in [-0.3, -0.25) is 4.79 Å². The van der Waals surface area contributed by atoms with Gasteiger partial charge in [0.05, 0.1) is 5.56 Å². The first-order valence-corrected chi connectivity index (χ1v) is 7.61. The number of anilines is 1. The number of hydrogen-bond donors (Lipinski definition) is 2. The monoisotopic (exact) mass is 373 g/mol. The van der Waals surface area contributed by atoms with E-state index >= 15 is 0 Å². The molecule has 3 N–H and O–H groups in total. The van der Waals surface area contributed by atoms with E-state index in [0.29, 0.717) is 29.4 Å². The van der Waals surface area contributed by atoms with Crippen LogP contribution in [0.2, 0.25) is 0 Å². The van der Waals surface area contributed by atoms with E-state index in [1.165, 1.54) is 6.07 Å². The molecule has 3 rings (SSSR count). The van der Waals surface area contributed by atoms with E-state index in [4.69, 9.17) is 5.73 Å². The highest BCUT2D eigenvalue weighted by Gasteiger charge is 2.31. The molecule has 0 radical (unpaired) electrons. The number of nitriles is 1. The Kier molecular flexibility index (Phi) is 4.45. The van der Waals surface area contributed by atoms with Gasteiger partial charge in [0.2, 0.25) is 0 Å². The number of hydrogen-bond acceptors (Lipinski definition) is 3. The van der Waals surface area contributed by atoms with Crippen molar-refractivity contribution in [2.75, 3.05) is 5.73 Å². The summed E-state index contributed by atoms with van der Waals surface area (Å²) >= 11 is 0. The van der Waals surface area contributed by atoms with Crippen molar-refractivity contribution in [3.8, 4) is 28.5 Å². The number of nitrogens with zero attached hydrogens (tertiary/aromatic N) is 1. The summed E-state index contributed by atoms with van der Waals surface area (Å²) in [5.41, 5.74) is 3.68. The van der Waals surface area contributed by atoms with Gasteiger partial charge in [-0.25, -0.2) is 4.39 Å². The summed E-state index contributed by atoms with van der Waals surface area (Å²) in [7, 11) is 0. The molecule has 1 heterocycles. The third kappa shape index (κ3) is 3.53. The Labute approximate surface area is 150 Å². The number of nitrogens with two attached hydrogens (primary N) is 1. The molecule has 8 heteroatoms. The molecule has 0 aliphatic carbocycles. The van der Waals surface area contributed by atoms with Crippen LogP contribution in [0.3, 0.4) is 0 Å². The smallest absolute Gasteiger partial charge is 0.399 e. The molecule has 4 nitrogen and oxygen atoms in total. The molecular formula is C19H11F4N3O. The van der Waals surface area contributed by atoms with E-state index in [1.807, 2.05) is 0 Å². The number of pyridine rings is 1. The number of alkyl halides is 3. The van der Waals surface area contributed by atoms with E-state index in [1.54, 1.807) is 30.3 Å². The second-order valence-corrected chi connectivity index (χ2v) is 5.73. The topological polar surface area (TPSA) is 82.7 Å². The van der Waals surface area contributed by atoms with Gasteiger partial charge in [-0.15, -0.1) is 0 Å². The Morgan fingerprint density at radius 1 is 1.00 bits per heavy atom. The van der Waals surface area contributed by atoms with Crippen molar-refractivity contribution in [2.45, 2.75) is 6.18 Å². The quantitative estimate of drug-likeness (QED) is 0.518. The van der Waals surface area contributed by atoms with E-state index in [0.717, 1.165) is 0 Å². The fourth-order valence-electron chi connectivity index (χ4n) is 2.61. The van der Waals surface area contributed by atoms with Crippen LogP contribution in [-0.2, 0) is 6.18 Å². The van der Waals surface area contributed by atoms with E-state index < -0.39 is 34.2 Å². The molecule has 0 aliphatic heterocycles. The molecule has 0 bridgehead atoms. The fourth-order valence-corrected chi connectivity index (χ4v) is 2.61. The maximum Gasteiger partial charge on any atom is 0.416 e. The lowest BCUT2D eigenvalue weighted by molar-refractivity contribution is -0.137. The highest BCUT2D eigenvalue weighted by molar-refractivity contribution is 5.76. The number of H-pyrrole nitrogens is 1. The molecule has 2 aromatic carbocycles. The van der Waals surface area contributed by atoms with Crippen LogP contribution in [0.15, 0.2) is 53.3 Å². The summed E-state index contributed by atoms with van der Waals surface area (Å²) in [6.07, 6.45) is -4.70. The zero-order valence-electron chi connectivity index (χ0n) is 13.6. The lowest BCUT2D eigenvalue weighted by Gasteiger charge is -2.12. The molecule has 0 saturated heterocycles. The second-order valence-electron chi connectivity index (χ2n) is 5.73. The summed E-state index contributed by atoms with van der Waals surface area (Å²) in [6, 6.07) is 11.0. The van der Waals surface area contributed by atoms with Crippen LogP contribution in [0.1, 0.15) is 11.1 Å². The van der Waals surface area contributed by atoms with E-state index in [9.17, 15) is 27.6 Å². The minimum absolute atomic E-state index is 0.214. The molecule has 0 amide bonds. The molecule has 0 aliphatic rings. The van der Waals surface area contributed by atoms with Crippen LogP contribution in [-0.4, -0.2) is 4.98 Å². The molecule has 0 unspecified atom stereocenters. The predicted octanol–water partition coefficient (Wildman–Crippen LogP) is 4.32. The highest BCUT2D eigenvalue weighted by Crippen LogP contribution is 2.35. The summed E-state index contributed by atoms with van der Waals surface area (Å²) in [5.74, 6) is -0.978. The molecule has 27 heavy (non-hydrogen) atoms.